The molecule has 1 aromatic carbocycles. The van der Waals surface area contributed by atoms with Gasteiger partial charge in [0, 0.05) is 17.0 Å². The summed E-state index contributed by atoms with van der Waals surface area (Å²) in [5.41, 5.74) is -1.08. The monoisotopic (exact) mass is 215 g/mol. The summed E-state index contributed by atoms with van der Waals surface area (Å²) in [7, 11) is 0. The highest BCUT2D eigenvalue weighted by Crippen LogP contribution is 2.30. The van der Waals surface area contributed by atoms with Crippen LogP contribution in [0, 0.1) is 5.82 Å². The van der Waals surface area contributed by atoms with Gasteiger partial charge in [-0.3, -0.25) is 4.98 Å². The molecular weight excluding hydrogens is 210 g/mol. The van der Waals surface area contributed by atoms with Crippen molar-refractivity contribution in [3.8, 4) is 0 Å². The molecule has 0 aliphatic carbocycles. The van der Waals surface area contributed by atoms with Crippen LogP contribution in [0.5, 0.6) is 0 Å². The summed E-state index contributed by atoms with van der Waals surface area (Å²) in [6, 6.07) is 4.76. The highest BCUT2D eigenvalue weighted by atomic mass is 19.4. The van der Waals surface area contributed by atoms with Crippen molar-refractivity contribution in [3.05, 3.63) is 42.0 Å². The molecule has 0 spiro atoms. The van der Waals surface area contributed by atoms with Crippen molar-refractivity contribution in [2.24, 2.45) is 0 Å². The maximum absolute atomic E-state index is 13.2. The minimum absolute atomic E-state index is 0.0696. The minimum atomic E-state index is -4.55. The average molecular weight is 215 g/mol. The third-order valence-electron chi connectivity index (χ3n) is 2.00. The van der Waals surface area contributed by atoms with Crippen LogP contribution in [-0.4, -0.2) is 4.98 Å². The summed E-state index contributed by atoms with van der Waals surface area (Å²) in [6.07, 6.45) is -3.53. The largest absolute Gasteiger partial charge is 0.433 e. The Kier molecular flexibility index (Phi) is 2.10. The molecule has 0 atom stereocenters. The van der Waals surface area contributed by atoms with Gasteiger partial charge in [-0.2, -0.15) is 13.2 Å². The molecule has 1 aromatic heterocycles. The molecular formula is C10H5F4N. The molecule has 0 unspecified atom stereocenters. The second kappa shape index (κ2) is 3.18. The first-order valence-electron chi connectivity index (χ1n) is 4.10. The Morgan fingerprint density at radius 3 is 2.53 bits per heavy atom. The van der Waals surface area contributed by atoms with Gasteiger partial charge in [-0.1, -0.05) is 12.1 Å². The summed E-state index contributed by atoms with van der Waals surface area (Å²) >= 11 is 0. The number of aromatic nitrogens is 1. The van der Waals surface area contributed by atoms with Crippen molar-refractivity contribution in [1.29, 1.82) is 0 Å². The highest BCUT2D eigenvalue weighted by molar-refractivity contribution is 5.82. The van der Waals surface area contributed by atoms with Crippen molar-refractivity contribution in [1.82, 2.24) is 4.98 Å². The molecule has 1 nitrogen and oxygen atoms in total. The Morgan fingerprint density at radius 1 is 1.13 bits per heavy atom. The van der Waals surface area contributed by atoms with Gasteiger partial charge in [-0.15, -0.1) is 0 Å². The summed E-state index contributed by atoms with van der Waals surface area (Å²) in [4.78, 5) is 3.23. The molecule has 0 aliphatic heterocycles. The van der Waals surface area contributed by atoms with E-state index < -0.39 is 17.7 Å². The summed E-state index contributed by atoms with van der Waals surface area (Å²) in [6.45, 7) is 0. The molecule has 5 heteroatoms. The second-order valence-electron chi connectivity index (χ2n) is 3.03. The van der Waals surface area contributed by atoms with E-state index in [1.165, 1.54) is 12.1 Å². The molecule has 0 bridgehead atoms. The number of nitrogens with zero attached hydrogens (tertiary/aromatic N) is 1. The Hall–Kier alpha value is -1.65. The predicted octanol–water partition coefficient (Wildman–Crippen LogP) is 3.39. The summed E-state index contributed by atoms with van der Waals surface area (Å²) in [5, 5.41) is 0.280. The summed E-state index contributed by atoms with van der Waals surface area (Å²) < 4.78 is 49.9. The van der Waals surface area contributed by atoms with Crippen molar-refractivity contribution < 1.29 is 17.6 Å². The van der Waals surface area contributed by atoms with Crippen molar-refractivity contribution in [2.75, 3.05) is 0 Å². The van der Waals surface area contributed by atoms with Gasteiger partial charge >= 0.3 is 6.18 Å². The van der Waals surface area contributed by atoms with Crippen LogP contribution in [0.25, 0.3) is 10.8 Å². The Morgan fingerprint density at radius 2 is 1.87 bits per heavy atom. The van der Waals surface area contributed by atoms with Crippen LogP contribution in [0.3, 0.4) is 0 Å². The number of halogens is 4. The van der Waals surface area contributed by atoms with E-state index in [0.717, 1.165) is 12.3 Å². The van der Waals surface area contributed by atoms with Crippen molar-refractivity contribution in [3.63, 3.8) is 0 Å². The average Bonchev–Trinajstić information content (AvgIpc) is 2.16. The first-order chi connectivity index (χ1) is 6.98. The SMILES string of the molecule is Fc1cccc2cnc(C(F)(F)F)cc12. The fourth-order valence-electron chi connectivity index (χ4n) is 1.29. The molecule has 0 saturated carbocycles. The van der Waals surface area contributed by atoms with Crippen molar-refractivity contribution in [2.45, 2.75) is 6.18 Å². The number of alkyl halides is 3. The van der Waals surface area contributed by atoms with E-state index in [-0.39, 0.29) is 5.39 Å². The Labute approximate surface area is 82.4 Å². The molecule has 15 heavy (non-hydrogen) atoms. The maximum atomic E-state index is 13.2. The Balaban J connectivity index is 2.70. The van der Waals surface area contributed by atoms with E-state index in [1.54, 1.807) is 0 Å². The standard InChI is InChI=1S/C10H5F4N/c11-8-3-1-2-6-5-15-9(4-7(6)8)10(12,13)14/h1-5H. The number of fused-ring (bicyclic) bond motifs is 1. The lowest BCUT2D eigenvalue weighted by molar-refractivity contribution is -0.141. The number of hydrogen-bond donors (Lipinski definition) is 0. The summed E-state index contributed by atoms with van der Waals surface area (Å²) in [5.74, 6) is -0.680. The van der Waals surface area contributed by atoms with Gasteiger partial charge < -0.3 is 0 Å². The lowest BCUT2D eigenvalue weighted by Crippen LogP contribution is -2.07. The lowest BCUT2D eigenvalue weighted by atomic mass is 10.1. The number of benzene rings is 1. The van der Waals surface area contributed by atoms with Crippen LogP contribution in [0.15, 0.2) is 30.5 Å². The van der Waals surface area contributed by atoms with E-state index >= 15 is 0 Å². The second-order valence-corrected chi connectivity index (χ2v) is 3.03. The van der Waals surface area contributed by atoms with Crippen LogP contribution in [0.1, 0.15) is 5.69 Å². The number of pyridine rings is 1. The first kappa shape index (κ1) is 9.89. The maximum Gasteiger partial charge on any atom is 0.433 e. The number of hydrogen-bond acceptors (Lipinski definition) is 1. The molecule has 1 heterocycles. The van der Waals surface area contributed by atoms with Gasteiger partial charge in [0.15, 0.2) is 0 Å². The van der Waals surface area contributed by atoms with Crippen LogP contribution in [0.2, 0.25) is 0 Å². The van der Waals surface area contributed by atoms with E-state index in [2.05, 4.69) is 4.98 Å². The molecule has 0 amide bonds. The highest BCUT2D eigenvalue weighted by Gasteiger charge is 2.32. The molecule has 2 aromatic rings. The zero-order chi connectivity index (χ0) is 11.1. The van der Waals surface area contributed by atoms with Gasteiger partial charge in [0.1, 0.15) is 11.5 Å². The fourth-order valence-corrected chi connectivity index (χ4v) is 1.29. The van der Waals surface area contributed by atoms with E-state index in [0.29, 0.717) is 11.5 Å². The van der Waals surface area contributed by atoms with Crippen LogP contribution in [0.4, 0.5) is 17.6 Å². The molecule has 78 valence electrons. The Bertz CT molecular complexity index is 504. The van der Waals surface area contributed by atoms with Crippen LogP contribution >= 0.6 is 0 Å². The predicted molar refractivity (Wildman–Crippen MR) is 46.7 cm³/mol. The molecule has 0 N–H and O–H groups in total. The van der Waals surface area contributed by atoms with Crippen LogP contribution in [-0.2, 0) is 6.18 Å². The molecule has 0 aliphatic rings. The topological polar surface area (TPSA) is 12.9 Å². The minimum Gasteiger partial charge on any atom is -0.251 e. The smallest absolute Gasteiger partial charge is 0.251 e. The molecule has 0 fully saturated rings. The first-order valence-corrected chi connectivity index (χ1v) is 4.10. The third kappa shape index (κ3) is 1.77. The third-order valence-corrected chi connectivity index (χ3v) is 2.00. The van der Waals surface area contributed by atoms with Crippen LogP contribution < -0.4 is 0 Å². The van der Waals surface area contributed by atoms with Gasteiger partial charge in [0.25, 0.3) is 0 Å². The number of rotatable bonds is 0. The quantitative estimate of drug-likeness (QED) is 0.614. The van der Waals surface area contributed by atoms with Gasteiger partial charge in [0.05, 0.1) is 0 Å². The van der Waals surface area contributed by atoms with Gasteiger partial charge in [-0.05, 0) is 12.1 Å². The fraction of sp³-hybridized carbons (Fsp3) is 0.100. The zero-order valence-corrected chi connectivity index (χ0v) is 7.35. The molecule has 2 rings (SSSR count). The van der Waals surface area contributed by atoms with Gasteiger partial charge in [0.2, 0.25) is 0 Å². The zero-order valence-electron chi connectivity index (χ0n) is 7.35. The normalized spacial score (nSPS) is 12.0. The van der Waals surface area contributed by atoms with E-state index in [1.807, 2.05) is 0 Å². The van der Waals surface area contributed by atoms with Crippen molar-refractivity contribution >= 4 is 10.8 Å². The van der Waals surface area contributed by atoms with E-state index in [9.17, 15) is 17.6 Å². The molecule has 0 radical (unpaired) electrons. The van der Waals surface area contributed by atoms with Gasteiger partial charge in [-0.25, -0.2) is 4.39 Å². The van der Waals surface area contributed by atoms with E-state index in [4.69, 9.17) is 0 Å². The lowest BCUT2D eigenvalue weighted by Gasteiger charge is -2.06. The molecule has 0 saturated heterocycles.